The summed E-state index contributed by atoms with van der Waals surface area (Å²) < 4.78 is 0. The van der Waals surface area contributed by atoms with E-state index in [1.807, 2.05) is 0 Å². The third-order valence-electron chi connectivity index (χ3n) is 2.97. The van der Waals surface area contributed by atoms with Gasteiger partial charge in [-0.2, -0.15) is 0 Å². The highest BCUT2D eigenvalue weighted by Gasteiger charge is 2.10. The molecule has 0 spiro atoms. The van der Waals surface area contributed by atoms with Crippen molar-refractivity contribution in [2.24, 2.45) is 0 Å². The monoisotopic (exact) mass is 242 g/mol. The molecule has 17 heavy (non-hydrogen) atoms. The molecule has 0 aromatic heterocycles. The maximum Gasteiger partial charge on any atom is 0.303 e. The van der Waals surface area contributed by atoms with Crippen LogP contribution in [0.2, 0.25) is 0 Å². The van der Waals surface area contributed by atoms with E-state index in [1.54, 1.807) is 0 Å². The van der Waals surface area contributed by atoms with Gasteiger partial charge in [-0.25, -0.2) is 0 Å². The lowest BCUT2D eigenvalue weighted by molar-refractivity contribution is -0.137. The van der Waals surface area contributed by atoms with Crippen molar-refractivity contribution in [2.75, 3.05) is 26.2 Å². The summed E-state index contributed by atoms with van der Waals surface area (Å²) in [6.45, 7) is 4.12. The summed E-state index contributed by atoms with van der Waals surface area (Å²) in [7, 11) is 0. The molecule has 5 nitrogen and oxygen atoms in total. The van der Waals surface area contributed by atoms with Crippen LogP contribution in [0.4, 0.5) is 0 Å². The fourth-order valence-corrected chi connectivity index (χ4v) is 2.03. The van der Waals surface area contributed by atoms with E-state index in [0.717, 1.165) is 13.0 Å². The smallest absolute Gasteiger partial charge is 0.303 e. The van der Waals surface area contributed by atoms with Crippen molar-refractivity contribution in [3.63, 3.8) is 0 Å². The SMILES string of the molecule is O=C(O)CCCC(=O)NCCCN1CCCC1. The predicted molar refractivity (Wildman–Crippen MR) is 64.8 cm³/mol. The molecule has 1 saturated heterocycles. The number of hydrogen-bond acceptors (Lipinski definition) is 3. The molecule has 0 atom stereocenters. The first-order valence-electron chi connectivity index (χ1n) is 6.39. The van der Waals surface area contributed by atoms with Crippen molar-refractivity contribution < 1.29 is 14.7 Å². The zero-order valence-electron chi connectivity index (χ0n) is 10.3. The maximum atomic E-state index is 11.3. The van der Waals surface area contributed by atoms with Crippen molar-refractivity contribution in [3.8, 4) is 0 Å². The summed E-state index contributed by atoms with van der Waals surface area (Å²) >= 11 is 0. The van der Waals surface area contributed by atoms with Gasteiger partial charge < -0.3 is 15.3 Å². The van der Waals surface area contributed by atoms with Crippen LogP contribution in [0.25, 0.3) is 0 Å². The second-order valence-corrected chi connectivity index (χ2v) is 4.50. The lowest BCUT2D eigenvalue weighted by Gasteiger charge is -2.14. The fourth-order valence-electron chi connectivity index (χ4n) is 2.03. The number of aliphatic carboxylic acids is 1. The van der Waals surface area contributed by atoms with Gasteiger partial charge in [0.2, 0.25) is 5.91 Å². The third-order valence-corrected chi connectivity index (χ3v) is 2.97. The highest BCUT2D eigenvalue weighted by atomic mass is 16.4. The van der Waals surface area contributed by atoms with Crippen molar-refractivity contribution in [2.45, 2.75) is 38.5 Å². The minimum Gasteiger partial charge on any atom is -0.481 e. The lowest BCUT2D eigenvalue weighted by Crippen LogP contribution is -2.28. The molecule has 0 aromatic carbocycles. The second-order valence-electron chi connectivity index (χ2n) is 4.50. The average molecular weight is 242 g/mol. The second kappa shape index (κ2) is 8.06. The molecule has 1 rings (SSSR count). The Kier molecular flexibility index (Phi) is 6.62. The molecule has 98 valence electrons. The van der Waals surface area contributed by atoms with Gasteiger partial charge in [-0.15, -0.1) is 0 Å². The van der Waals surface area contributed by atoms with Crippen LogP contribution in [0, 0.1) is 0 Å². The Morgan fingerprint density at radius 2 is 1.82 bits per heavy atom. The van der Waals surface area contributed by atoms with Gasteiger partial charge in [0, 0.05) is 19.4 Å². The van der Waals surface area contributed by atoms with E-state index in [0.29, 0.717) is 19.4 Å². The summed E-state index contributed by atoms with van der Waals surface area (Å²) in [5.74, 6) is -0.875. The molecule has 0 unspecified atom stereocenters. The topological polar surface area (TPSA) is 69.6 Å². The van der Waals surface area contributed by atoms with Crippen LogP contribution < -0.4 is 5.32 Å². The molecule has 0 aliphatic carbocycles. The first kappa shape index (κ1) is 14.0. The molecule has 1 heterocycles. The highest BCUT2D eigenvalue weighted by molar-refractivity contribution is 5.76. The van der Waals surface area contributed by atoms with Gasteiger partial charge in [-0.3, -0.25) is 9.59 Å². The Balaban J connectivity index is 1.90. The number of rotatable bonds is 8. The Bertz CT molecular complexity index is 250. The number of nitrogens with one attached hydrogen (secondary N) is 1. The Hall–Kier alpha value is -1.10. The fraction of sp³-hybridized carbons (Fsp3) is 0.833. The summed E-state index contributed by atoms with van der Waals surface area (Å²) in [4.78, 5) is 24.0. The quantitative estimate of drug-likeness (QED) is 0.619. The molecular weight excluding hydrogens is 220 g/mol. The van der Waals surface area contributed by atoms with Crippen LogP contribution in [-0.2, 0) is 9.59 Å². The minimum atomic E-state index is -0.841. The molecule has 1 aliphatic heterocycles. The van der Waals surface area contributed by atoms with Gasteiger partial charge in [0.25, 0.3) is 0 Å². The van der Waals surface area contributed by atoms with Crippen LogP contribution in [-0.4, -0.2) is 48.1 Å². The summed E-state index contributed by atoms with van der Waals surface area (Å²) in [6, 6.07) is 0. The van der Waals surface area contributed by atoms with E-state index in [2.05, 4.69) is 10.2 Å². The molecule has 1 fully saturated rings. The minimum absolute atomic E-state index is 0.0346. The van der Waals surface area contributed by atoms with Crippen LogP contribution in [0.3, 0.4) is 0 Å². The maximum absolute atomic E-state index is 11.3. The number of carbonyl (C=O) groups is 2. The number of amides is 1. The van der Waals surface area contributed by atoms with Gasteiger partial charge in [-0.05, 0) is 45.3 Å². The summed E-state index contributed by atoms with van der Waals surface area (Å²) in [5, 5.41) is 11.2. The first-order valence-corrected chi connectivity index (χ1v) is 6.39. The zero-order chi connectivity index (χ0) is 12.5. The Morgan fingerprint density at radius 1 is 1.12 bits per heavy atom. The number of hydrogen-bond donors (Lipinski definition) is 2. The molecule has 2 N–H and O–H groups in total. The van der Waals surface area contributed by atoms with Gasteiger partial charge >= 0.3 is 5.97 Å². The number of likely N-dealkylation sites (tertiary alicyclic amines) is 1. The van der Waals surface area contributed by atoms with Crippen LogP contribution in [0.1, 0.15) is 38.5 Å². The Morgan fingerprint density at radius 3 is 2.47 bits per heavy atom. The molecular formula is C12H22N2O3. The molecule has 5 heteroatoms. The normalized spacial score (nSPS) is 16.0. The summed E-state index contributed by atoms with van der Waals surface area (Å²) in [6.07, 6.45) is 4.37. The molecule has 0 saturated carbocycles. The highest BCUT2D eigenvalue weighted by Crippen LogP contribution is 2.06. The molecule has 0 aromatic rings. The standard InChI is InChI=1S/C12H22N2O3/c15-11(5-3-6-12(16)17)13-7-4-10-14-8-1-2-9-14/h1-10H2,(H,13,15)(H,16,17). The van der Waals surface area contributed by atoms with E-state index in [1.165, 1.54) is 25.9 Å². The lowest BCUT2D eigenvalue weighted by atomic mass is 10.2. The Labute approximate surface area is 102 Å². The first-order chi connectivity index (χ1) is 8.18. The van der Waals surface area contributed by atoms with E-state index in [-0.39, 0.29) is 12.3 Å². The van der Waals surface area contributed by atoms with Gasteiger partial charge in [0.05, 0.1) is 0 Å². The number of nitrogens with zero attached hydrogens (tertiary/aromatic N) is 1. The molecule has 1 aliphatic rings. The van der Waals surface area contributed by atoms with Gasteiger partial charge in [-0.1, -0.05) is 0 Å². The van der Waals surface area contributed by atoms with Crippen molar-refractivity contribution >= 4 is 11.9 Å². The molecule has 0 bridgehead atoms. The van der Waals surface area contributed by atoms with E-state index >= 15 is 0 Å². The van der Waals surface area contributed by atoms with Crippen LogP contribution in [0.5, 0.6) is 0 Å². The number of carbonyl (C=O) groups excluding carboxylic acids is 1. The van der Waals surface area contributed by atoms with Gasteiger partial charge in [0.15, 0.2) is 0 Å². The average Bonchev–Trinajstić information content (AvgIpc) is 2.76. The van der Waals surface area contributed by atoms with E-state index < -0.39 is 5.97 Å². The van der Waals surface area contributed by atoms with Gasteiger partial charge in [0.1, 0.15) is 0 Å². The van der Waals surface area contributed by atoms with Crippen molar-refractivity contribution in [1.29, 1.82) is 0 Å². The zero-order valence-corrected chi connectivity index (χ0v) is 10.3. The number of carboxylic acids is 1. The predicted octanol–water partition coefficient (Wildman–Crippen LogP) is 0.843. The van der Waals surface area contributed by atoms with Crippen LogP contribution >= 0.6 is 0 Å². The largest absolute Gasteiger partial charge is 0.481 e. The van der Waals surface area contributed by atoms with Crippen LogP contribution in [0.15, 0.2) is 0 Å². The van der Waals surface area contributed by atoms with Crippen molar-refractivity contribution in [3.05, 3.63) is 0 Å². The van der Waals surface area contributed by atoms with Crippen molar-refractivity contribution in [1.82, 2.24) is 10.2 Å². The van der Waals surface area contributed by atoms with E-state index in [4.69, 9.17) is 5.11 Å². The summed E-state index contributed by atoms with van der Waals surface area (Å²) in [5.41, 5.74) is 0. The van der Waals surface area contributed by atoms with E-state index in [9.17, 15) is 9.59 Å². The third kappa shape index (κ3) is 6.94. The molecule has 1 amide bonds. The number of carboxylic acid groups (broad SMARTS) is 1. The molecule has 0 radical (unpaired) electrons.